The molecule has 1 saturated heterocycles. The van der Waals surface area contributed by atoms with Gasteiger partial charge in [0.2, 0.25) is 11.8 Å². The molecule has 1 heterocycles. The van der Waals surface area contributed by atoms with Gasteiger partial charge in [0.25, 0.3) is 0 Å². The molecule has 5 heteroatoms. The van der Waals surface area contributed by atoms with Crippen LogP contribution in [0.15, 0.2) is 24.3 Å². The Hall–Kier alpha value is -2.04. The van der Waals surface area contributed by atoms with Crippen LogP contribution in [0.3, 0.4) is 0 Å². The quantitative estimate of drug-likeness (QED) is 0.903. The van der Waals surface area contributed by atoms with Crippen molar-refractivity contribution < 1.29 is 9.59 Å². The Kier molecular flexibility index (Phi) is 3.97. The molecular formula is C15H21N3O2. The number of benzene rings is 1. The van der Waals surface area contributed by atoms with Crippen LogP contribution >= 0.6 is 0 Å². The molecule has 108 valence electrons. The van der Waals surface area contributed by atoms with E-state index in [1.54, 1.807) is 4.90 Å². The van der Waals surface area contributed by atoms with Crippen LogP contribution < -0.4 is 15.1 Å². The van der Waals surface area contributed by atoms with E-state index >= 15 is 0 Å². The molecule has 0 radical (unpaired) electrons. The minimum Gasteiger partial charge on any atom is -0.378 e. The van der Waals surface area contributed by atoms with Crippen molar-refractivity contribution in [2.45, 2.75) is 19.9 Å². The fourth-order valence-corrected chi connectivity index (χ4v) is 2.28. The molecular weight excluding hydrogens is 254 g/mol. The summed E-state index contributed by atoms with van der Waals surface area (Å²) in [5.74, 6) is -0.0830. The number of nitrogens with zero attached hydrogens (tertiary/aromatic N) is 2. The first-order valence-corrected chi connectivity index (χ1v) is 6.78. The van der Waals surface area contributed by atoms with Crippen LogP contribution in [0.5, 0.6) is 0 Å². The first-order valence-electron chi connectivity index (χ1n) is 6.78. The van der Waals surface area contributed by atoms with Gasteiger partial charge in [0.05, 0.1) is 0 Å². The highest BCUT2D eigenvalue weighted by molar-refractivity contribution is 6.06. The highest BCUT2D eigenvalue weighted by Crippen LogP contribution is 2.24. The minimum atomic E-state index is -0.445. The van der Waals surface area contributed by atoms with Gasteiger partial charge in [-0.05, 0) is 24.1 Å². The molecule has 20 heavy (non-hydrogen) atoms. The first-order chi connectivity index (χ1) is 9.40. The Bertz CT molecular complexity index is 526. The van der Waals surface area contributed by atoms with Crippen LogP contribution in [0.2, 0.25) is 0 Å². The van der Waals surface area contributed by atoms with Gasteiger partial charge >= 0.3 is 0 Å². The van der Waals surface area contributed by atoms with Crippen molar-refractivity contribution in [1.29, 1.82) is 0 Å². The highest BCUT2D eigenvalue weighted by atomic mass is 16.2. The summed E-state index contributed by atoms with van der Waals surface area (Å²) in [5, 5.41) is 2.76. The highest BCUT2D eigenvalue weighted by Gasteiger charge is 2.35. The summed E-state index contributed by atoms with van der Waals surface area (Å²) in [6.45, 7) is 3.95. The van der Waals surface area contributed by atoms with Gasteiger partial charge in [-0.3, -0.25) is 9.59 Å². The van der Waals surface area contributed by atoms with E-state index in [-0.39, 0.29) is 24.3 Å². The van der Waals surface area contributed by atoms with Crippen LogP contribution in [0, 0.1) is 5.92 Å². The Morgan fingerprint density at radius 1 is 1.30 bits per heavy atom. The topological polar surface area (TPSA) is 52.7 Å². The second-order valence-corrected chi connectivity index (χ2v) is 5.63. The van der Waals surface area contributed by atoms with Crippen molar-refractivity contribution in [1.82, 2.24) is 5.32 Å². The minimum absolute atomic E-state index is 0.0458. The van der Waals surface area contributed by atoms with Gasteiger partial charge in [-0.1, -0.05) is 19.9 Å². The van der Waals surface area contributed by atoms with Crippen LogP contribution in [0.4, 0.5) is 11.4 Å². The molecule has 5 nitrogen and oxygen atoms in total. The molecule has 0 spiro atoms. The van der Waals surface area contributed by atoms with Crippen LogP contribution in [0.1, 0.15) is 13.8 Å². The van der Waals surface area contributed by atoms with Crippen molar-refractivity contribution in [2.75, 3.05) is 30.4 Å². The summed E-state index contributed by atoms with van der Waals surface area (Å²) in [5.41, 5.74) is 1.77. The number of anilines is 2. The largest absolute Gasteiger partial charge is 0.378 e. The lowest BCUT2D eigenvalue weighted by Gasteiger charge is -2.34. The molecule has 0 saturated carbocycles. The molecule has 1 fully saturated rings. The molecule has 1 unspecified atom stereocenters. The van der Waals surface area contributed by atoms with Crippen molar-refractivity contribution in [3.63, 3.8) is 0 Å². The Labute approximate surface area is 119 Å². The van der Waals surface area contributed by atoms with E-state index in [9.17, 15) is 9.59 Å². The van der Waals surface area contributed by atoms with E-state index in [2.05, 4.69) is 5.32 Å². The van der Waals surface area contributed by atoms with Crippen molar-refractivity contribution in [3.8, 4) is 0 Å². The van der Waals surface area contributed by atoms with E-state index in [4.69, 9.17) is 0 Å². The number of piperazine rings is 1. The van der Waals surface area contributed by atoms with Gasteiger partial charge < -0.3 is 15.1 Å². The maximum atomic E-state index is 12.5. The molecule has 1 N–H and O–H groups in total. The van der Waals surface area contributed by atoms with Gasteiger partial charge in [-0.25, -0.2) is 0 Å². The summed E-state index contributed by atoms with van der Waals surface area (Å²) < 4.78 is 0. The van der Waals surface area contributed by atoms with Crippen LogP contribution in [-0.4, -0.2) is 38.5 Å². The number of rotatable bonds is 3. The van der Waals surface area contributed by atoms with E-state index in [0.717, 1.165) is 11.4 Å². The van der Waals surface area contributed by atoms with E-state index < -0.39 is 6.04 Å². The number of carbonyl (C=O) groups is 2. The van der Waals surface area contributed by atoms with Gasteiger partial charge in [-0.15, -0.1) is 0 Å². The van der Waals surface area contributed by atoms with Gasteiger partial charge in [-0.2, -0.15) is 0 Å². The lowest BCUT2D eigenvalue weighted by molar-refractivity contribution is -0.132. The average Bonchev–Trinajstić information content (AvgIpc) is 2.40. The van der Waals surface area contributed by atoms with Gasteiger partial charge in [0.1, 0.15) is 12.6 Å². The molecule has 2 rings (SSSR count). The maximum Gasteiger partial charge on any atom is 0.250 e. The number of nitrogens with one attached hydrogen (secondary N) is 1. The Balaban J connectivity index is 2.33. The van der Waals surface area contributed by atoms with Crippen LogP contribution in [0.25, 0.3) is 0 Å². The van der Waals surface area contributed by atoms with E-state index in [1.165, 1.54) is 0 Å². The summed E-state index contributed by atoms with van der Waals surface area (Å²) in [6.07, 6.45) is 0. The number of amides is 2. The standard InChI is InChI=1S/C15H21N3O2/c1-10(2)14-15(20)18(9-13(19)16-14)12-7-5-6-11(8-12)17(3)4/h5-8,10,14H,9H2,1-4H3,(H,16,19). The van der Waals surface area contributed by atoms with Gasteiger partial charge in [0, 0.05) is 25.5 Å². The van der Waals surface area contributed by atoms with Gasteiger partial charge in [0.15, 0.2) is 0 Å². The van der Waals surface area contributed by atoms with Crippen molar-refractivity contribution in [3.05, 3.63) is 24.3 Å². The third-order valence-electron chi connectivity index (χ3n) is 3.47. The monoisotopic (exact) mass is 275 g/mol. The second kappa shape index (κ2) is 5.53. The number of hydrogen-bond donors (Lipinski definition) is 1. The fourth-order valence-electron chi connectivity index (χ4n) is 2.28. The SMILES string of the molecule is CC(C)C1NC(=O)CN(c2cccc(N(C)C)c2)C1=O. The predicted octanol–water partition coefficient (Wildman–Crippen LogP) is 1.24. The molecule has 0 bridgehead atoms. The van der Waals surface area contributed by atoms with Crippen LogP contribution in [-0.2, 0) is 9.59 Å². The molecule has 0 aliphatic carbocycles. The zero-order valence-corrected chi connectivity index (χ0v) is 12.4. The Morgan fingerprint density at radius 2 is 2.00 bits per heavy atom. The first kappa shape index (κ1) is 14.4. The molecule has 1 aliphatic heterocycles. The smallest absolute Gasteiger partial charge is 0.250 e. The van der Waals surface area contributed by atoms with E-state index in [1.807, 2.05) is 57.1 Å². The zero-order chi connectivity index (χ0) is 14.9. The summed E-state index contributed by atoms with van der Waals surface area (Å²) >= 11 is 0. The summed E-state index contributed by atoms with van der Waals surface area (Å²) in [7, 11) is 3.89. The number of carbonyl (C=O) groups excluding carboxylic acids is 2. The lowest BCUT2D eigenvalue weighted by atomic mass is 10.0. The summed E-state index contributed by atoms with van der Waals surface area (Å²) in [4.78, 5) is 27.8. The second-order valence-electron chi connectivity index (χ2n) is 5.63. The Morgan fingerprint density at radius 3 is 2.60 bits per heavy atom. The predicted molar refractivity (Wildman–Crippen MR) is 79.9 cm³/mol. The molecule has 1 aromatic carbocycles. The maximum absolute atomic E-state index is 12.5. The molecule has 1 aliphatic rings. The normalized spacial score (nSPS) is 19.2. The molecule has 1 atom stereocenters. The average molecular weight is 275 g/mol. The molecule has 2 amide bonds. The number of hydrogen-bond acceptors (Lipinski definition) is 3. The third-order valence-corrected chi connectivity index (χ3v) is 3.47. The zero-order valence-electron chi connectivity index (χ0n) is 12.4. The lowest BCUT2D eigenvalue weighted by Crippen LogP contribution is -2.60. The third kappa shape index (κ3) is 2.76. The van der Waals surface area contributed by atoms with E-state index in [0.29, 0.717) is 0 Å². The van der Waals surface area contributed by atoms with Crippen molar-refractivity contribution >= 4 is 23.2 Å². The molecule has 0 aromatic heterocycles. The summed E-state index contributed by atoms with van der Waals surface area (Å²) in [6, 6.07) is 7.21. The molecule has 1 aromatic rings. The fraction of sp³-hybridized carbons (Fsp3) is 0.467. The van der Waals surface area contributed by atoms with Crippen molar-refractivity contribution in [2.24, 2.45) is 5.92 Å².